The van der Waals surface area contributed by atoms with Gasteiger partial charge in [-0.2, -0.15) is 21.6 Å². The van der Waals surface area contributed by atoms with Crippen LogP contribution in [0.25, 0.3) is 10.9 Å². The van der Waals surface area contributed by atoms with Crippen LogP contribution in [-0.4, -0.2) is 24.0 Å². The number of hydrogen-bond donors (Lipinski definition) is 2. The third-order valence-electron chi connectivity index (χ3n) is 6.75. The van der Waals surface area contributed by atoms with Gasteiger partial charge >= 0.3 is 15.5 Å². The Morgan fingerprint density at radius 1 is 1.05 bits per heavy atom. The number of aliphatic hydroxyl groups is 1. The Morgan fingerprint density at radius 3 is 2.64 bits per heavy atom. The molecule has 1 aliphatic carbocycles. The van der Waals surface area contributed by atoms with Gasteiger partial charge in [-0.25, -0.2) is 4.98 Å². The van der Waals surface area contributed by atoms with Gasteiger partial charge in [0.2, 0.25) is 0 Å². The molecule has 0 aliphatic heterocycles. The van der Waals surface area contributed by atoms with Gasteiger partial charge < -0.3 is 9.84 Å². The molecule has 1 aromatic heterocycles. The molecule has 0 amide bonds. The van der Waals surface area contributed by atoms with Gasteiger partial charge in [-0.15, -0.1) is 0 Å². The number of benzene rings is 3. The number of aryl methyl sites for hydroxylation is 1. The third kappa shape index (κ3) is 6.13. The highest BCUT2D eigenvalue weighted by atomic mass is 35.5. The molecule has 39 heavy (non-hydrogen) atoms. The molecule has 2 atom stereocenters. The molecular weight excluding hydrogens is 553 g/mol. The first-order valence-corrected chi connectivity index (χ1v) is 14.0. The van der Waals surface area contributed by atoms with Gasteiger partial charge in [0.15, 0.2) is 0 Å². The van der Waals surface area contributed by atoms with Crippen LogP contribution < -0.4 is 9.46 Å². The van der Waals surface area contributed by atoms with E-state index in [0.717, 1.165) is 27.7 Å². The molecule has 204 valence electrons. The molecule has 3 aromatic carbocycles. The summed E-state index contributed by atoms with van der Waals surface area (Å²) < 4.78 is 68.7. The lowest BCUT2D eigenvalue weighted by atomic mass is 9.78. The zero-order valence-corrected chi connectivity index (χ0v) is 22.0. The molecular formula is C28H24ClF3N2O4S. The number of halogens is 4. The summed E-state index contributed by atoms with van der Waals surface area (Å²) in [4.78, 5) is 4.59. The zero-order valence-electron chi connectivity index (χ0n) is 20.5. The van der Waals surface area contributed by atoms with Gasteiger partial charge in [-0.05, 0) is 84.3 Å². The first kappa shape index (κ1) is 27.2. The number of hydrogen-bond acceptors (Lipinski definition) is 5. The van der Waals surface area contributed by atoms with Crippen molar-refractivity contribution in [2.75, 3.05) is 4.72 Å². The molecule has 0 saturated heterocycles. The highest BCUT2D eigenvalue weighted by Crippen LogP contribution is 2.38. The minimum atomic E-state index is -5.52. The number of nitrogens with zero attached hydrogens (tertiary/aromatic N) is 1. The number of rotatable bonds is 7. The fourth-order valence-corrected chi connectivity index (χ4v) is 5.50. The average molecular weight is 577 g/mol. The summed E-state index contributed by atoms with van der Waals surface area (Å²) in [5.41, 5.74) is -1.77. The van der Waals surface area contributed by atoms with E-state index in [1.54, 1.807) is 29.0 Å². The van der Waals surface area contributed by atoms with E-state index in [1.165, 1.54) is 18.2 Å². The predicted octanol–water partition coefficient (Wildman–Crippen LogP) is 6.57. The number of aromatic nitrogens is 1. The maximum atomic E-state index is 12.7. The molecule has 6 nitrogen and oxygen atoms in total. The summed E-state index contributed by atoms with van der Waals surface area (Å²) >= 11 is 6.07. The van der Waals surface area contributed by atoms with E-state index in [9.17, 15) is 26.7 Å². The molecule has 0 radical (unpaired) electrons. The van der Waals surface area contributed by atoms with Crippen molar-refractivity contribution in [3.63, 3.8) is 0 Å². The van der Waals surface area contributed by atoms with Crippen molar-refractivity contribution in [1.29, 1.82) is 0 Å². The molecule has 4 aromatic rings. The highest BCUT2D eigenvalue weighted by Gasteiger charge is 2.46. The first-order chi connectivity index (χ1) is 18.5. The van der Waals surface area contributed by atoms with Gasteiger partial charge in [0.25, 0.3) is 0 Å². The van der Waals surface area contributed by atoms with Gasteiger partial charge in [-0.1, -0.05) is 41.9 Å². The monoisotopic (exact) mass is 576 g/mol. The predicted molar refractivity (Wildman–Crippen MR) is 143 cm³/mol. The number of pyridine rings is 1. The zero-order chi connectivity index (χ0) is 27.8. The Hall–Kier alpha value is -3.34. The molecule has 0 saturated carbocycles. The number of aliphatic hydroxyl groups excluding tert-OH is 1. The van der Waals surface area contributed by atoms with Crippen molar-refractivity contribution in [2.45, 2.75) is 37.5 Å². The molecule has 11 heteroatoms. The Morgan fingerprint density at radius 2 is 1.85 bits per heavy atom. The van der Waals surface area contributed by atoms with E-state index < -0.39 is 21.6 Å². The van der Waals surface area contributed by atoms with Crippen molar-refractivity contribution < 1.29 is 31.4 Å². The molecule has 0 spiro atoms. The van der Waals surface area contributed by atoms with Gasteiger partial charge in [0.05, 0.1) is 17.3 Å². The number of fused-ring (bicyclic) bond motifs is 2. The van der Waals surface area contributed by atoms with E-state index >= 15 is 0 Å². The average Bonchev–Trinajstić information content (AvgIpc) is 2.88. The number of ether oxygens (including phenoxy) is 1. The smallest absolute Gasteiger partial charge is 0.487 e. The van der Waals surface area contributed by atoms with Crippen LogP contribution in [0.15, 0.2) is 72.8 Å². The molecule has 1 heterocycles. The fourth-order valence-electron chi connectivity index (χ4n) is 4.78. The van der Waals surface area contributed by atoms with Crippen molar-refractivity contribution in [3.8, 4) is 5.75 Å². The second kappa shape index (κ2) is 10.7. The van der Waals surface area contributed by atoms with Crippen LogP contribution in [0.3, 0.4) is 0 Å². The summed E-state index contributed by atoms with van der Waals surface area (Å²) in [7, 11) is -5.52. The minimum absolute atomic E-state index is 0.184. The summed E-state index contributed by atoms with van der Waals surface area (Å²) in [6, 6.07) is 20.7. The van der Waals surface area contributed by atoms with Crippen LogP contribution in [0.4, 0.5) is 18.9 Å². The van der Waals surface area contributed by atoms with E-state index in [-0.39, 0.29) is 18.2 Å². The van der Waals surface area contributed by atoms with Gasteiger partial charge in [0, 0.05) is 16.1 Å². The molecule has 0 unspecified atom stereocenters. The molecule has 5 rings (SSSR count). The van der Waals surface area contributed by atoms with E-state index in [2.05, 4.69) is 4.98 Å². The SMILES string of the molecule is O=S(=O)(Nc1cccc(C[C@H]2CCc3ccc(OCc4ccc5ccc(Cl)cc5n4)cc3[C@H]2O)c1)C(F)(F)F. The quantitative estimate of drug-likeness (QED) is 0.260. The van der Waals surface area contributed by atoms with Crippen LogP contribution in [-0.2, 0) is 29.5 Å². The van der Waals surface area contributed by atoms with Gasteiger partial charge in [0.1, 0.15) is 12.4 Å². The van der Waals surface area contributed by atoms with Crippen LogP contribution in [0.5, 0.6) is 5.75 Å². The van der Waals surface area contributed by atoms with E-state index in [1.807, 2.05) is 30.3 Å². The van der Waals surface area contributed by atoms with Crippen molar-refractivity contribution in [3.05, 3.63) is 100 Å². The van der Waals surface area contributed by atoms with Gasteiger partial charge in [-0.3, -0.25) is 4.72 Å². The van der Waals surface area contributed by atoms with Crippen LogP contribution in [0.1, 0.15) is 34.9 Å². The summed E-state index contributed by atoms with van der Waals surface area (Å²) in [6.07, 6.45) is 0.909. The Labute approximate surface area is 228 Å². The summed E-state index contributed by atoms with van der Waals surface area (Å²) in [6.45, 7) is 0.224. The fraction of sp³-hybridized carbons (Fsp3) is 0.250. The number of anilines is 1. The second-order valence-electron chi connectivity index (χ2n) is 9.49. The molecule has 0 bridgehead atoms. The number of nitrogens with one attached hydrogen (secondary N) is 1. The number of sulfonamides is 1. The van der Waals surface area contributed by atoms with Crippen molar-refractivity contribution in [2.24, 2.45) is 5.92 Å². The Kier molecular flexibility index (Phi) is 7.45. The largest absolute Gasteiger partial charge is 0.516 e. The van der Waals surface area contributed by atoms with Crippen LogP contribution in [0, 0.1) is 5.92 Å². The standard InChI is InChI=1S/C28H24ClF3N2O4S/c29-21-9-6-19-7-10-23(33-26(19)14-21)16-38-24-11-8-18-4-5-20(27(35)25(18)15-24)12-17-2-1-3-22(13-17)34-39(36,37)28(30,31)32/h1-3,6-11,13-15,20,27,34-35H,4-5,12,16H2/t20-,27+/m1/s1. The van der Waals surface area contributed by atoms with Crippen LogP contribution >= 0.6 is 11.6 Å². The van der Waals surface area contributed by atoms with E-state index in [0.29, 0.717) is 35.6 Å². The second-order valence-corrected chi connectivity index (χ2v) is 11.6. The maximum Gasteiger partial charge on any atom is 0.516 e. The maximum absolute atomic E-state index is 12.7. The normalized spacial score (nSPS) is 17.6. The minimum Gasteiger partial charge on any atom is -0.487 e. The lowest BCUT2D eigenvalue weighted by Gasteiger charge is -2.30. The summed E-state index contributed by atoms with van der Waals surface area (Å²) in [5, 5.41) is 12.7. The Bertz CT molecular complexity index is 1630. The van der Waals surface area contributed by atoms with Crippen LogP contribution in [0.2, 0.25) is 5.02 Å². The molecule has 0 fully saturated rings. The van der Waals surface area contributed by atoms with Crippen molar-refractivity contribution >= 4 is 38.2 Å². The summed E-state index contributed by atoms with van der Waals surface area (Å²) in [5.74, 6) is 0.360. The lowest BCUT2D eigenvalue weighted by Crippen LogP contribution is -2.30. The topological polar surface area (TPSA) is 88.5 Å². The Balaban J connectivity index is 1.27. The lowest BCUT2D eigenvalue weighted by molar-refractivity contribution is -0.0429. The first-order valence-electron chi connectivity index (χ1n) is 12.2. The third-order valence-corrected chi connectivity index (χ3v) is 8.10. The molecule has 1 aliphatic rings. The number of alkyl halides is 3. The van der Waals surface area contributed by atoms with E-state index in [4.69, 9.17) is 16.3 Å². The van der Waals surface area contributed by atoms with Crippen molar-refractivity contribution in [1.82, 2.24) is 4.98 Å². The molecule has 2 N–H and O–H groups in total. The highest BCUT2D eigenvalue weighted by molar-refractivity contribution is 7.93.